The second kappa shape index (κ2) is 7.99. The second-order valence-electron chi connectivity index (χ2n) is 6.27. The summed E-state index contributed by atoms with van der Waals surface area (Å²) in [5.41, 5.74) is 0.726. The highest BCUT2D eigenvalue weighted by molar-refractivity contribution is 5.73. The number of halogens is 3. The van der Waals surface area contributed by atoms with E-state index in [1.54, 1.807) is 4.90 Å². The normalized spacial score (nSPS) is 17.8. The van der Waals surface area contributed by atoms with Crippen molar-refractivity contribution in [2.75, 3.05) is 26.3 Å². The van der Waals surface area contributed by atoms with Crippen LogP contribution >= 0.6 is 0 Å². The summed E-state index contributed by atoms with van der Waals surface area (Å²) < 4.78 is 49.2. The number of alkyl halides is 3. The zero-order chi connectivity index (χ0) is 19.4. The van der Waals surface area contributed by atoms with Gasteiger partial charge in [-0.1, -0.05) is 6.07 Å². The number of hydrogen-bond acceptors (Lipinski definition) is 4. The topological polar surface area (TPSA) is 67.5 Å². The highest BCUT2D eigenvalue weighted by Crippen LogP contribution is 2.31. The maximum absolute atomic E-state index is 12.7. The van der Waals surface area contributed by atoms with E-state index in [2.05, 4.69) is 10.2 Å². The lowest BCUT2D eigenvalue weighted by Gasteiger charge is -2.31. The van der Waals surface area contributed by atoms with Crippen LogP contribution in [-0.4, -0.2) is 47.3 Å². The number of nitrogens with zero attached hydrogens (tertiary/aromatic N) is 2. The van der Waals surface area contributed by atoms with Crippen molar-refractivity contribution >= 4 is 5.91 Å². The van der Waals surface area contributed by atoms with Crippen molar-refractivity contribution < 1.29 is 27.4 Å². The summed E-state index contributed by atoms with van der Waals surface area (Å²) in [4.78, 5) is 13.2. The molecule has 2 heterocycles. The maximum Gasteiger partial charge on any atom is 0.416 e. The number of carbonyl (C=O) groups is 1. The average molecular weight is 383 g/mol. The number of hydrogen-bond donors (Lipinski definition) is 1. The zero-order valence-corrected chi connectivity index (χ0v) is 14.8. The van der Waals surface area contributed by atoms with Gasteiger partial charge in [-0.05, 0) is 24.3 Å². The van der Waals surface area contributed by atoms with E-state index < -0.39 is 11.7 Å². The van der Waals surface area contributed by atoms with Gasteiger partial charge in [-0.15, -0.1) is 0 Å². The van der Waals surface area contributed by atoms with Gasteiger partial charge in [0.15, 0.2) is 0 Å². The molecule has 1 aliphatic heterocycles. The molecular weight excluding hydrogens is 363 g/mol. The fraction of sp³-hybridized carbons (Fsp3) is 0.444. The standard InChI is InChI=1S/C18H20F3N3O3/c1-12(25)24-6-8-27-17(11-24)16-10-14(22-23-16)5-7-26-15-4-2-3-13(9-15)18(19,20)21/h2-4,9-10,17H,5-8,11H2,1H3,(H,22,23). The van der Waals surface area contributed by atoms with Crippen LogP contribution < -0.4 is 4.74 Å². The molecular formula is C18H20F3N3O3. The third kappa shape index (κ3) is 5.00. The predicted molar refractivity (Wildman–Crippen MR) is 90.2 cm³/mol. The fourth-order valence-corrected chi connectivity index (χ4v) is 2.83. The Morgan fingerprint density at radius 1 is 1.41 bits per heavy atom. The monoisotopic (exact) mass is 383 g/mol. The van der Waals surface area contributed by atoms with Gasteiger partial charge in [-0.2, -0.15) is 18.3 Å². The molecule has 1 amide bonds. The summed E-state index contributed by atoms with van der Waals surface area (Å²) in [5.74, 6) is 0.158. The Morgan fingerprint density at radius 2 is 2.22 bits per heavy atom. The Bertz CT molecular complexity index is 791. The molecule has 1 aliphatic rings. The Kier molecular flexibility index (Phi) is 5.69. The van der Waals surface area contributed by atoms with Crippen LogP contribution in [0, 0.1) is 0 Å². The SMILES string of the molecule is CC(=O)N1CCOC(c2cc(CCOc3cccc(C(F)(F)F)c3)[nH]n2)C1. The molecule has 1 N–H and O–H groups in total. The molecule has 0 bridgehead atoms. The van der Waals surface area contributed by atoms with Gasteiger partial charge in [0.1, 0.15) is 11.9 Å². The number of morpholine rings is 1. The highest BCUT2D eigenvalue weighted by Gasteiger charge is 2.30. The Morgan fingerprint density at radius 3 is 2.96 bits per heavy atom. The van der Waals surface area contributed by atoms with Crippen LogP contribution in [0.4, 0.5) is 13.2 Å². The first-order chi connectivity index (χ1) is 12.8. The number of benzene rings is 1. The number of aromatic nitrogens is 2. The van der Waals surface area contributed by atoms with E-state index in [0.717, 1.165) is 17.8 Å². The van der Waals surface area contributed by atoms with E-state index in [0.29, 0.717) is 31.8 Å². The summed E-state index contributed by atoms with van der Waals surface area (Å²) in [6.45, 7) is 3.18. The van der Waals surface area contributed by atoms with Crippen molar-refractivity contribution in [3.05, 3.63) is 47.3 Å². The second-order valence-corrected chi connectivity index (χ2v) is 6.27. The van der Waals surface area contributed by atoms with Crippen LogP contribution in [0.3, 0.4) is 0 Å². The smallest absolute Gasteiger partial charge is 0.416 e. The molecule has 2 aromatic rings. The number of H-pyrrole nitrogens is 1. The molecule has 1 unspecified atom stereocenters. The van der Waals surface area contributed by atoms with E-state index >= 15 is 0 Å². The van der Waals surface area contributed by atoms with Crippen LogP contribution in [0.1, 0.15) is 30.0 Å². The van der Waals surface area contributed by atoms with Gasteiger partial charge in [0.05, 0.1) is 31.0 Å². The number of ether oxygens (including phenoxy) is 2. The number of carbonyl (C=O) groups excluding carboxylic acids is 1. The summed E-state index contributed by atoms with van der Waals surface area (Å²) >= 11 is 0. The third-order valence-corrected chi connectivity index (χ3v) is 4.29. The first-order valence-electron chi connectivity index (χ1n) is 8.54. The molecule has 6 nitrogen and oxygen atoms in total. The number of aromatic amines is 1. The van der Waals surface area contributed by atoms with Gasteiger partial charge < -0.3 is 14.4 Å². The van der Waals surface area contributed by atoms with E-state index in [9.17, 15) is 18.0 Å². The molecule has 27 heavy (non-hydrogen) atoms. The van der Waals surface area contributed by atoms with Gasteiger partial charge in [0.2, 0.25) is 5.91 Å². The number of amides is 1. The van der Waals surface area contributed by atoms with Crippen molar-refractivity contribution in [2.45, 2.75) is 25.6 Å². The Labute approximate surface area is 154 Å². The summed E-state index contributed by atoms with van der Waals surface area (Å²) in [6.07, 6.45) is -4.24. The first kappa shape index (κ1) is 19.2. The van der Waals surface area contributed by atoms with Gasteiger partial charge in [0, 0.05) is 25.6 Å². The number of nitrogens with one attached hydrogen (secondary N) is 1. The van der Waals surface area contributed by atoms with E-state index in [4.69, 9.17) is 9.47 Å². The summed E-state index contributed by atoms with van der Waals surface area (Å²) in [6, 6.07) is 6.60. The lowest BCUT2D eigenvalue weighted by molar-refractivity contribution is -0.138. The maximum atomic E-state index is 12.7. The lowest BCUT2D eigenvalue weighted by atomic mass is 10.2. The molecule has 9 heteroatoms. The lowest BCUT2D eigenvalue weighted by Crippen LogP contribution is -2.41. The molecule has 146 valence electrons. The van der Waals surface area contributed by atoms with E-state index in [-0.39, 0.29) is 24.4 Å². The molecule has 0 aliphatic carbocycles. The van der Waals surface area contributed by atoms with Gasteiger partial charge in [0.25, 0.3) is 0 Å². The van der Waals surface area contributed by atoms with Gasteiger partial charge in [-0.25, -0.2) is 0 Å². The van der Waals surface area contributed by atoms with Crippen molar-refractivity contribution in [3.8, 4) is 5.75 Å². The van der Waals surface area contributed by atoms with Crippen LogP contribution in [0.5, 0.6) is 5.75 Å². The Hall–Kier alpha value is -2.55. The van der Waals surface area contributed by atoms with Crippen molar-refractivity contribution in [1.82, 2.24) is 15.1 Å². The molecule has 0 radical (unpaired) electrons. The van der Waals surface area contributed by atoms with Crippen molar-refractivity contribution in [3.63, 3.8) is 0 Å². The highest BCUT2D eigenvalue weighted by atomic mass is 19.4. The molecule has 1 atom stereocenters. The van der Waals surface area contributed by atoms with Crippen LogP contribution in [0.15, 0.2) is 30.3 Å². The average Bonchev–Trinajstić information content (AvgIpc) is 3.10. The van der Waals surface area contributed by atoms with Crippen LogP contribution in [0.25, 0.3) is 0 Å². The summed E-state index contributed by atoms with van der Waals surface area (Å²) in [7, 11) is 0. The van der Waals surface area contributed by atoms with Crippen LogP contribution in [-0.2, 0) is 22.1 Å². The van der Waals surface area contributed by atoms with Crippen molar-refractivity contribution in [1.29, 1.82) is 0 Å². The fourth-order valence-electron chi connectivity index (χ4n) is 2.83. The third-order valence-electron chi connectivity index (χ3n) is 4.29. The minimum absolute atomic E-state index is 0.00598. The molecule has 1 saturated heterocycles. The van der Waals surface area contributed by atoms with Crippen molar-refractivity contribution in [2.24, 2.45) is 0 Å². The molecule has 1 aromatic heterocycles. The quantitative estimate of drug-likeness (QED) is 0.862. The van der Waals surface area contributed by atoms with E-state index in [1.165, 1.54) is 19.1 Å². The minimum atomic E-state index is -4.40. The molecule has 1 fully saturated rings. The van der Waals surface area contributed by atoms with Gasteiger partial charge >= 0.3 is 6.18 Å². The minimum Gasteiger partial charge on any atom is -0.493 e. The largest absolute Gasteiger partial charge is 0.493 e. The summed E-state index contributed by atoms with van der Waals surface area (Å²) in [5, 5.41) is 7.09. The molecule has 0 saturated carbocycles. The van der Waals surface area contributed by atoms with Gasteiger partial charge in [-0.3, -0.25) is 9.89 Å². The van der Waals surface area contributed by atoms with Crippen LogP contribution in [0.2, 0.25) is 0 Å². The zero-order valence-electron chi connectivity index (χ0n) is 14.8. The van der Waals surface area contributed by atoms with E-state index in [1.807, 2.05) is 6.07 Å². The Balaban J connectivity index is 1.54. The molecule has 0 spiro atoms. The first-order valence-corrected chi connectivity index (χ1v) is 8.54. The molecule has 1 aromatic carbocycles. The number of rotatable bonds is 5. The predicted octanol–water partition coefficient (Wildman–Crippen LogP) is 2.97. The molecule has 3 rings (SSSR count).